The number of phenols is 1. The van der Waals surface area contributed by atoms with E-state index in [1.165, 1.54) is 89.9 Å². The number of azo groups is 1. The number of nitrogens with zero attached hydrogens (tertiary/aromatic N) is 2. The maximum absolute atomic E-state index is 12.6. The van der Waals surface area contributed by atoms with Crippen molar-refractivity contribution in [3.8, 4) is 5.75 Å². The number of ether oxygens (including phenoxy) is 1. The van der Waals surface area contributed by atoms with E-state index in [0.29, 0.717) is 29.1 Å². The molecule has 6 heteroatoms. The van der Waals surface area contributed by atoms with E-state index in [2.05, 4.69) is 22.1 Å². The Labute approximate surface area is 257 Å². The number of nitrogens with one attached hydrogen (secondary N) is 1. The maximum atomic E-state index is 12.6. The van der Waals surface area contributed by atoms with Crippen molar-refractivity contribution >= 4 is 39.0 Å². The van der Waals surface area contributed by atoms with Crippen molar-refractivity contribution in [2.24, 2.45) is 10.2 Å². The van der Waals surface area contributed by atoms with Crippen molar-refractivity contribution in [3.05, 3.63) is 66.4 Å². The van der Waals surface area contributed by atoms with Crippen LogP contribution in [0.3, 0.4) is 0 Å². The van der Waals surface area contributed by atoms with Gasteiger partial charge < -0.3 is 14.8 Å². The van der Waals surface area contributed by atoms with E-state index < -0.39 is 0 Å². The van der Waals surface area contributed by atoms with Crippen LogP contribution in [0.2, 0.25) is 0 Å². The lowest BCUT2D eigenvalue weighted by molar-refractivity contribution is 0.0492. The zero-order valence-corrected chi connectivity index (χ0v) is 26.0. The van der Waals surface area contributed by atoms with Gasteiger partial charge in [-0.05, 0) is 48.2 Å². The average Bonchev–Trinajstić information content (AvgIpc) is 3.45. The van der Waals surface area contributed by atoms with Gasteiger partial charge in [0, 0.05) is 10.9 Å². The lowest BCUT2D eigenvalue weighted by atomic mass is 10.0. The summed E-state index contributed by atoms with van der Waals surface area (Å²) in [6, 6.07) is 18.5. The van der Waals surface area contributed by atoms with E-state index in [1.54, 1.807) is 12.1 Å². The molecule has 4 aromatic rings. The molecule has 230 valence electrons. The molecule has 0 aliphatic carbocycles. The summed E-state index contributed by atoms with van der Waals surface area (Å²) in [5.41, 5.74) is 2.55. The van der Waals surface area contributed by atoms with Gasteiger partial charge in [-0.15, -0.1) is 5.11 Å². The highest BCUT2D eigenvalue weighted by Gasteiger charge is 2.11. The molecule has 2 N–H and O–H groups in total. The summed E-state index contributed by atoms with van der Waals surface area (Å²) in [7, 11) is 0. The number of rotatable bonds is 20. The Balaban J connectivity index is 1.09. The number of fused-ring (bicyclic) bond motifs is 2. The molecule has 0 radical (unpaired) electrons. The number of carbonyl (C=O) groups excluding carboxylic acids is 1. The Kier molecular flexibility index (Phi) is 13.6. The lowest BCUT2D eigenvalue weighted by Gasteiger charge is -2.04. The van der Waals surface area contributed by atoms with E-state index in [9.17, 15) is 9.90 Å². The summed E-state index contributed by atoms with van der Waals surface area (Å²) in [4.78, 5) is 15.8. The zero-order valence-electron chi connectivity index (χ0n) is 26.0. The van der Waals surface area contributed by atoms with Crippen LogP contribution < -0.4 is 0 Å². The molecule has 0 aliphatic heterocycles. The number of hydrogen-bond donors (Lipinski definition) is 2. The fourth-order valence-electron chi connectivity index (χ4n) is 5.68. The number of aromatic nitrogens is 1. The first-order valence-corrected chi connectivity index (χ1v) is 16.6. The summed E-state index contributed by atoms with van der Waals surface area (Å²) >= 11 is 0. The topological polar surface area (TPSA) is 87.0 Å². The fourth-order valence-corrected chi connectivity index (χ4v) is 5.68. The minimum absolute atomic E-state index is 0.177. The van der Waals surface area contributed by atoms with Crippen molar-refractivity contribution in [3.63, 3.8) is 0 Å². The van der Waals surface area contributed by atoms with Gasteiger partial charge in [0.25, 0.3) is 0 Å². The lowest BCUT2D eigenvalue weighted by Crippen LogP contribution is -2.06. The standard InChI is InChI=1S/C37H49N3O3/c1-2-3-4-5-6-7-8-9-10-11-12-13-14-15-16-17-26-43-37(42)34-28-30-27-31(24-25-32(30)38-34)39-40-33-22-18-20-29-21-19-23-35(41)36(29)33/h18-25,27-28,38,41H,2-17,26H2,1H3. The van der Waals surface area contributed by atoms with Gasteiger partial charge in [-0.3, -0.25) is 0 Å². The van der Waals surface area contributed by atoms with E-state index in [4.69, 9.17) is 4.74 Å². The average molecular weight is 584 g/mol. The SMILES string of the molecule is CCCCCCCCCCCCCCCCCCOC(=O)c1cc2cc(N=Nc3cccc4cccc(O)c34)ccc2[nH]1. The normalized spacial score (nSPS) is 11.7. The molecule has 4 rings (SSSR count). The first kappa shape index (κ1) is 32.2. The molecule has 0 saturated carbocycles. The molecule has 1 aromatic heterocycles. The molecular weight excluding hydrogens is 534 g/mol. The number of esters is 1. The second-order valence-electron chi connectivity index (χ2n) is 11.7. The molecule has 0 saturated heterocycles. The van der Waals surface area contributed by atoms with Crippen LogP contribution in [0.25, 0.3) is 21.7 Å². The number of carbonyl (C=O) groups is 1. The molecule has 43 heavy (non-hydrogen) atoms. The minimum Gasteiger partial charge on any atom is -0.507 e. The van der Waals surface area contributed by atoms with Gasteiger partial charge in [-0.2, -0.15) is 5.11 Å². The Bertz CT molecular complexity index is 1440. The van der Waals surface area contributed by atoms with Crippen molar-refractivity contribution in [1.82, 2.24) is 4.98 Å². The molecule has 0 aliphatic rings. The van der Waals surface area contributed by atoms with Gasteiger partial charge in [-0.25, -0.2) is 4.79 Å². The van der Waals surface area contributed by atoms with Crippen LogP contribution in [0.15, 0.2) is 70.9 Å². The van der Waals surface area contributed by atoms with Crippen LogP contribution in [0, 0.1) is 0 Å². The number of aromatic hydroxyl groups is 1. The molecule has 6 nitrogen and oxygen atoms in total. The van der Waals surface area contributed by atoms with E-state index >= 15 is 0 Å². The van der Waals surface area contributed by atoms with Crippen LogP contribution in [0.1, 0.15) is 120 Å². The largest absolute Gasteiger partial charge is 0.507 e. The molecule has 3 aromatic carbocycles. The highest BCUT2D eigenvalue weighted by Crippen LogP contribution is 2.34. The number of unbranched alkanes of at least 4 members (excludes halogenated alkanes) is 15. The summed E-state index contributed by atoms with van der Waals surface area (Å²) in [5, 5.41) is 21.5. The van der Waals surface area contributed by atoms with Crippen LogP contribution in [0.5, 0.6) is 5.75 Å². The van der Waals surface area contributed by atoms with Crippen molar-refractivity contribution in [1.29, 1.82) is 0 Å². The Morgan fingerprint density at radius 3 is 1.95 bits per heavy atom. The minimum atomic E-state index is -0.327. The molecule has 0 amide bonds. The highest BCUT2D eigenvalue weighted by molar-refractivity contribution is 5.97. The molecule has 1 heterocycles. The molecule has 0 bridgehead atoms. The predicted molar refractivity (Wildman–Crippen MR) is 178 cm³/mol. The fraction of sp³-hybridized carbons (Fsp3) is 0.486. The Morgan fingerprint density at radius 1 is 0.698 bits per heavy atom. The molecule has 0 atom stereocenters. The van der Waals surface area contributed by atoms with Crippen LogP contribution >= 0.6 is 0 Å². The van der Waals surface area contributed by atoms with Crippen LogP contribution in [0.4, 0.5) is 11.4 Å². The van der Waals surface area contributed by atoms with Gasteiger partial charge in [0.05, 0.1) is 23.4 Å². The second kappa shape index (κ2) is 18.1. The third kappa shape index (κ3) is 10.5. The number of H-pyrrole nitrogens is 1. The van der Waals surface area contributed by atoms with E-state index in [0.717, 1.165) is 29.1 Å². The smallest absolute Gasteiger partial charge is 0.354 e. The van der Waals surface area contributed by atoms with Gasteiger partial charge in [0.1, 0.15) is 11.4 Å². The monoisotopic (exact) mass is 583 g/mol. The van der Waals surface area contributed by atoms with Gasteiger partial charge >= 0.3 is 5.97 Å². The second-order valence-corrected chi connectivity index (χ2v) is 11.7. The quantitative estimate of drug-likeness (QED) is 0.0616. The van der Waals surface area contributed by atoms with Gasteiger partial charge in [0.15, 0.2) is 0 Å². The van der Waals surface area contributed by atoms with Gasteiger partial charge in [-0.1, -0.05) is 128 Å². The zero-order chi connectivity index (χ0) is 30.1. The third-order valence-electron chi connectivity index (χ3n) is 8.19. The van der Waals surface area contributed by atoms with Crippen LogP contribution in [-0.4, -0.2) is 22.7 Å². The number of benzene rings is 3. The molecule has 0 unspecified atom stereocenters. The van der Waals surface area contributed by atoms with Crippen LogP contribution in [-0.2, 0) is 4.74 Å². The first-order chi connectivity index (χ1) is 21.2. The first-order valence-electron chi connectivity index (χ1n) is 16.6. The van der Waals surface area contributed by atoms with Crippen molar-refractivity contribution in [2.45, 2.75) is 110 Å². The Hall–Kier alpha value is -3.67. The highest BCUT2D eigenvalue weighted by atomic mass is 16.5. The summed E-state index contributed by atoms with van der Waals surface area (Å²) in [5.74, 6) is -0.151. The van der Waals surface area contributed by atoms with Crippen molar-refractivity contribution in [2.75, 3.05) is 6.61 Å². The predicted octanol–water partition coefficient (Wildman–Crippen LogP) is 11.9. The maximum Gasteiger partial charge on any atom is 0.354 e. The van der Waals surface area contributed by atoms with E-state index in [-0.39, 0.29) is 11.7 Å². The number of aromatic amines is 1. The third-order valence-corrected chi connectivity index (χ3v) is 8.19. The summed E-state index contributed by atoms with van der Waals surface area (Å²) in [6.07, 6.45) is 21.1. The summed E-state index contributed by atoms with van der Waals surface area (Å²) in [6.45, 7) is 2.73. The molecular formula is C37H49N3O3. The van der Waals surface area contributed by atoms with E-state index in [1.807, 2.05) is 48.5 Å². The number of hydrogen-bond acceptors (Lipinski definition) is 5. The summed E-state index contributed by atoms with van der Waals surface area (Å²) < 4.78 is 5.53. The number of phenolic OH excluding ortho intramolecular Hbond substituents is 1. The van der Waals surface area contributed by atoms with Gasteiger partial charge in [0.2, 0.25) is 0 Å². The molecule has 0 fully saturated rings. The molecule has 0 spiro atoms. The Morgan fingerprint density at radius 2 is 1.30 bits per heavy atom. The van der Waals surface area contributed by atoms with Crippen molar-refractivity contribution < 1.29 is 14.6 Å².